The second-order valence-electron chi connectivity index (χ2n) is 12.1. The lowest BCUT2D eigenvalue weighted by molar-refractivity contribution is -0.348. The van der Waals surface area contributed by atoms with Gasteiger partial charge in [-0.1, -0.05) is 32.0 Å². The molecule has 40 heavy (non-hydrogen) atoms. The lowest BCUT2D eigenvalue weighted by Crippen LogP contribution is -2.83. The molecule has 3 fully saturated rings. The van der Waals surface area contributed by atoms with Crippen molar-refractivity contribution < 1.29 is 53.8 Å². The van der Waals surface area contributed by atoms with Gasteiger partial charge in [0.05, 0.1) is 29.6 Å². The van der Waals surface area contributed by atoms with Crippen LogP contribution in [-0.2, 0) is 28.6 Å². The van der Waals surface area contributed by atoms with Crippen molar-refractivity contribution >= 4 is 23.5 Å². The number of ether oxygens (including phenoxy) is 3. The van der Waals surface area contributed by atoms with Gasteiger partial charge in [-0.3, -0.25) is 14.4 Å². The maximum absolute atomic E-state index is 14.3. The zero-order valence-electron chi connectivity index (χ0n) is 22.9. The number of Topliss-reactive ketones (excluding diaryl/α,β-unsaturated/α-hetero) is 2. The second kappa shape index (κ2) is 9.02. The Hall–Kier alpha value is -2.96. The predicted octanol–water partition coefficient (Wildman–Crippen LogP) is 0.261. The number of fused-ring (bicyclic) bond motifs is 5. The van der Waals surface area contributed by atoms with Gasteiger partial charge < -0.3 is 34.6 Å². The number of rotatable bonds is 3. The molecule has 0 unspecified atom stereocenters. The summed E-state index contributed by atoms with van der Waals surface area (Å²) in [4.78, 5) is 53.7. The van der Waals surface area contributed by atoms with E-state index in [9.17, 15) is 39.6 Å². The Kier molecular flexibility index (Phi) is 6.44. The molecule has 216 valence electrons. The molecule has 0 spiro atoms. The fourth-order valence-electron chi connectivity index (χ4n) is 7.62. The summed E-state index contributed by atoms with van der Waals surface area (Å²) < 4.78 is 17.5. The highest BCUT2D eigenvalue weighted by Crippen LogP contribution is 2.63. The first-order chi connectivity index (χ1) is 18.6. The number of carbonyl (C=O) groups excluding carboxylic acids is 4. The van der Waals surface area contributed by atoms with Crippen LogP contribution in [-0.4, -0.2) is 92.3 Å². The normalized spacial score (nSPS) is 42.0. The van der Waals surface area contributed by atoms with E-state index >= 15 is 0 Å². The molecule has 9 atom stereocenters. The van der Waals surface area contributed by atoms with Gasteiger partial charge in [-0.15, -0.1) is 0 Å². The number of hydrogen-bond donors (Lipinski definition) is 4. The maximum Gasteiger partial charge on any atom is 0.338 e. The summed E-state index contributed by atoms with van der Waals surface area (Å²) in [6, 6.07) is 7.76. The molecule has 3 aliphatic carbocycles. The highest BCUT2D eigenvalue weighted by atomic mass is 16.6. The molecule has 1 aromatic rings. The molecule has 4 aliphatic rings. The van der Waals surface area contributed by atoms with Gasteiger partial charge in [0.15, 0.2) is 17.2 Å². The van der Waals surface area contributed by atoms with Crippen molar-refractivity contribution in [3.05, 3.63) is 47.0 Å². The van der Waals surface area contributed by atoms with Gasteiger partial charge in [-0.2, -0.15) is 0 Å². The summed E-state index contributed by atoms with van der Waals surface area (Å²) in [6.07, 6.45) is -8.69. The van der Waals surface area contributed by atoms with E-state index in [1.54, 1.807) is 18.2 Å². The van der Waals surface area contributed by atoms with Crippen LogP contribution in [0.1, 0.15) is 51.4 Å². The van der Waals surface area contributed by atoms with Crippen molar-refractivity contribution in [2.75, 3.05) is 6.61 Å². The standard InChI is InChI=1S/C29H34O11/c1-13-18-20(33)22(34)27(5)16(31)11-17-28(12-38-17,40-14(2)30)21(27)24(39-25(36)15-9-7-6-8-10-15)29(37,26(18,3)4)23(35)19(13)32/h6-10,16-17,20-21,23-24,31,33,35,37H,11-12H2,1-5H3/t16-,17+,20+,21-,23-,24-,27+,28-,29+/m0/s1. The van der Waals surface area contributed by atoms with Crippen LogP contribution < -0.4 is 0 Å². The third-order valence-corrected chi connectivity index (χ3v) is 9.84. The molecule has 5 rings (SSSR count). The molecule has 2 bridgehead atoms. The van der Waals surface area contributed by atoms with Crippen LogP contribution in [0.4, 0.5) is 0 Å². The zero-order valence-corrected chi connectivity index (χ0v) is 22.9. The number of ketones is 2. The van der Waals surface area contributed by atoms with E-state index in [2.05, 4.69) is 0 Å². The number of aliphatic hydroxyl groups is 4. The Bertz CT molecular complexity index is 1320. The van der Waals surface area contributed by atoms with Gasteiger partial charge in [0.25, 0.3) is 0 Å². The van der Waals surface area contributed by atoms with Crippen LogP contribution >= 0.6 is 0 Å². The van der Waals surface area contributed by atoms with Crippen LogP contribution in [0.25, 0.3) is 0 Å². The molecule has 1 saturated heterocycles. The quantitative estimate of drug-likeness (QED) is 0.374. The molecule has 4 N–H and O–H groups in total. The van der Waals surface area contributed by atoms with Crippen molar-refractivity contribution in [3.63, 3.8) is 0 Å². The highest BCUT2D eigenvalue weighted by molar-refractivity contribution is 6.04. The summed E-state index contributed by atoms with van der Waals surface area (Å²) in [5, 5.41) is 47.0. The topological polar surface area (TPSA) is 177 Å². The highest BCUT2D eigenvalue weighted by Gasteiger charge is 2.79. The van der Waals surface area contributed by atoms with Gasteiger partial charge in [-0.05, 0) is 37.1 Å². The van der Waals surface area contributed by atoms with E-state index in [-0.39, 0.29) is 29.7 Å². The number of benzene rings is 1. The Morgan fingerprint density at radius 1 is 1.05 bits per heavy atom. The van der Waals surface area contributed by atoms with Gasteiger partial charge in [0, 0.05) is 18.8 Å². The molecule has 0 aromatic heterocycles. The number of esters is 2. The Labute approximate surface area is 230 Å². The second-order valence-corrected chi connectivity index (χ2v) is 12.1. The van der Waals surface area contributed by atoms with E-state index in [1.165, 1.54) is 39.8 Å². The smallest absolute Gasteiger partial charge is 0.338 e. The average molecular weight is 559 g/mol. The van der Waals surface area contributed by atoms with Gasteiger partial charge in [0.1, 0.15) is 30.0 Å². The van der Waals surface area contributed by atoms with Crippen LogP contribution in [0, 0.1) is 16.7 Å². The van der Waals surface area contributed by atoms with Gasteiger partial charge >= 0.3 is 11.9 Å². The zero-order chi connectivity index (χ0) is 29.6. The van der Waals surface area contributed by atoms with Gasteiger partial charge in [-0.25, -0.2) is 4.79 Å². The summed E-state index contributed by atoms with van der Waals surface area (Å²) >= 11 is 0. The first kappa shape index (κ1) is 28.6. The van der Waals surface area contributed by atoms with E-state index in [1.807, 2.05) is 0 Å². The fraction of sp³-hybridized carbons (Fsp3) is 0.586. The molecule has 11 heteroatoms. The lowest BCUT2D eigenvalue weighted by Gasteiger charge is -2.67. The minimum atomic E-state index is -2.65. The Morgan fingerprint density at radius 2 is 1.68 bits per heavy atom. The molecular formula is C29H34O11. The fourth-order valence-corrected chi connectivity index (χ4v) is 7.62. The van der Waals surface area contributed by atoms with E-state index < -0.39 is 82.0 Å². The predicted molar refractivity (Wildman–Crippen MR) is 136 cm³/mol. The summed E-state index contributed by atoms with van der Waals surface area (Å²) in [5.74, 6) is -5.14. The number of hydrogen-bond acceptors (Lipinski definition) is 11. The first-order valence-electron chi connectivity index (χ1n) is 13.2. The van der Waals surface area contributed by atoms with Crippen molar-refractivity contribution in [3.8, 4) is 0 Å². The van der Waals surface area contributed by atoms with Crippen molar-refractivity contribution in [2.45, 2.75) is 82.8 Å². The number of aliphatic hydroxyl groups excluding tert-OH is 3. The Morgan fingerprint density at radius 3 is 2.23 bits per heavy atom. The van der Waals surface area contributed by atoms with E-state index in [4.69, 9.17) is 14.2 Å². The van der Waals surface area contributed by atoms with Crippen LogP contribution in [0.15, 0.2) is 41.5 Å². The third kappa shape index (κ3) is 3.41. The third-order valence-electron chi connectivity index (χ3n) is 9.84. The van der Waals surface area contributed by atoms with Crippen LogP contribution in [0.2, 0.25) is 0 Å². The molecule has 1 aromatic carbocycles. The molecule has 0 amide bonds. The van der Waals surface area contributed by atoms with Gasteiger partial charge in [0.2, 0.25) is 0 Å². The molecule has 1 aliphatic heterocycles. The number of carbonyl (C=O) groups is 4. The molecular weight excluding hydrogens is 524 g/mol. The molecule has 11 nitrogen and oxygen atoms in total. The summed E-state index contributed by atoms with van der Waals surface area (Å²) in [5.41, 5.74) is -8.29. The van der Waals surface area contributed by atoms with E-state index in [0.29, 0.717) is 0 Å². The summed E-state index contributed by atoms with van der Waals surface area (Å²) in [7, 11) is 0. The maximum atomic E-state index is 14.3. The van der Waals surface area contributed by atoms with Crippen molar-refractivity contribution in [1.82, 2.24) is 0 Å². The lowest BCUT2D eigenvalue weighted by atomic mass is 9.44. The van der Waals surface area contributed by atoms with Crippen molar-refractivity contribution in [2.24, 2.45) is 16.7 Å². The molecule has 0 radical (unpaired) electrons. The van der Waals surface area contributed by atoms with Crippen LogP contribution in [0.3, 0.4) is 0 Å². The van der Waals surface area contributed by atoms with E-state index in [0.717, 1.165) is 6.92 Å². The largest absolute Gasteiger partial charge is 0.455 e. The van der Waals surface area contributed by atoms with Crippen molar-refractivity contribution in [1.29, 1.82) is 0 Å². The molecule has 2 saturated carbocycles. The van der Waals surface area contributed by atoms with Crippen LogP contribution in [0.5, 0.6) is 0 Å². The monoisotopic (exact) mass is 558 g/mol. The minimum Gasteiger partial charge on any atom is -0.455 e. The minimum absolute atomic E-state index is 0.0712. The SMILES string of the molecule is CC(=O)O[C@@]12CO[C@@H]1C[C@H](O)[C@@]1(C)C(=O)[C@H](O)C3=C(C)C(=O)[C@H](O)[C@@](O)([C@@H](OC(=O)c4ccccc4)[C@H]21)C3(C)C. The first-order valence-corrected chi connectivity index (χ1v) is 13.2. The summed E-state index contributed by atoms with van der Waals surface area (Å²) in [6.45, 7) is 6.39. The molecule has 1 heterocycles. The average Bonchev–Trinajstić information content (AvgIpc) is 2.90. The Balaban J connectivity index is 1.85.